The summed E-state index contributed by atoms with van der Waals surface area (Å²) in [5.41, 5.74) is 13.7. The second kappa shape index (κ2) is 10.4. The summed E-state index contributed by atoms with van der Waals surface area (Å²) in [5.74, 6) is 0. The Balaban J connectivity index is 1.24. The second-order valence-electron chi connectivity index (χ2n) is 12.2. The van der Waals surface area contributed by atoms with Crippen LogP contribution in [0.15, 0.2) is 164 Å². The van der Waals surface area contributed by atoms with Gasteiger partial charge in [0.05, 0.1) is 0 Å². The van der Waals surface area contributed by atoms with Crippen molar-refractivity contribution in [3.63, 3.8) is 0 Å². The molecule has 1 heteroatoms. The topological polar surface area (TPSA) is 3.24 Å². The molecular weight excluding hydrogens is 530 g/mol. The number of hydrogen-bond acceptors (Lipinski definition) is 1. The van der Waals surface area contributed by atoms with Crippen LogP contribution in [0.5, 0.6) is 0 Å². The highest BCUT2D eigenvalue weighted by Crippen LogP contribution is 2.51. The van der Waals surface area contributed by atoms with Crippen molar-refractivity contribution in [1.29, 1.82) is 0 Å². The molecule has 0 heterocycles. The molecule has 8 rings (SSSR count). The van der Waals surface area contributed by atoms with E-state index in [1.54, 1.807) is 0 Å². The minimum atomic E-state index is -0.144. The lowest BCUT2D eigenvalue weighted by Crippen LogP contribution is -2.16. The Morgan fingerprint density at radius 3 is 1.64 bits per heavy atom. The van der Waals surface area contributed by atoms with Crippen LogP contribution in [-0.2, 0) is 5.41 Å². The second-order valence-corrected chi connectivity index (χ2v) is 12.2. The molecule has 1 aliphatic carbocycles. The van der Waals surface area contributed by atoms with Gasteiger partial charge >= 0.3 is 0 Å². The van der Waals surface area contributed by atoms with Gasteiger partial charge in [0.15, 0.2) is 0 Å². The predicted octanol–water partition coefficient (Wildman–Crippen LogP) is 11.9. The number of anilines is 3. The smallest absolute Gasteiger partial charge is 0.0465 e. The minimum Gasteiger partial charge on any atom is -0.310 e. The van der Waals surface area contributed by atoms with Gasteiger partial charge in [0.25, 0.3) is 0 Å². The highest BCUT2D eigenvalue weighted by molar-refractivity contribution is 6.00. The van der Waals surface area contributed by atoms with Crippen molar-refractivity contribution < 1.29 is 0 Å². The largest absolute Gasteiger partial charge is 0.310 e. The Morgan fingerprint density at radius 2 is 0.955 bits per heavy atom. The summed E-state index contributed by atoms with van der Waals surface area (Å²) in [4.78, 5) is 2.35. The fraction of sp³-hybridized carbons (Fsp3) is 0.0698. The first-order valence-corrected chi connectivity index (χ1v) is 15.4. The highest BCUT2D eigenvalue weighted by Gasteiger charge is 2.36. The first kappa shape index (κ1) is 26.2. The predicted molar refractivity (Wildman–Crippen MR) is 187 cm³/mol. The summed E-state index contributed by atoms with van der Waals surface area (Å²) in [6.45, 7) is 4.74. The van der Waals surface area contributed by atoms with Crippen LogP contribution in [0.3, 0.4) is 0 Å². The third kappa shape index (κ3) is 4.32. The Hall–Kier alpha value is -5.40. The quantitative estimate of drug-likeness (QED) is 0.201. The van der Waals surface area contributed by atoms with Gasteiger partial charge < -0.3 is 4.90 Å². The molecule has 0 atom stereocenters. The first-order chi connectivity index (χ1) is 21.6. The van der Waals surface area contributed by atoms with Crippen LogP contribution in [0.25, 0.3) is 44.2 Å². The summed E-state index contributed by atoms with van der Waals surface area (Å²) in [7, 11) is 0. The standard InChI is InChI=1S/C43H33N/c1-43(2)41-28-31(33-26-32-16-12-13-21-37(32)40(27-33)30-14-6-3-7-15-30)22-24-38(41)39-25-23-36(29-42(39)43)44(34-17-8-4-9-18-34)35-19-10-5-11-20-35/h3-29H,1-2H3. The normalized spacial score (nSPS) is 13.0. The van der Waals surface area contributed by atoms with E-state index in [2.05, 4.69) is 183 Å². The molecule has 0 unspecified atom stereocenters. The van der Waals surface area contributed by atoms with E-state index in [4.69, 9.17) is 0 Å². The summed E-state index contributed by atoms with van der Waals surface area (Å²) >= 11 is 0. The zero-order valence-corrected chi connectivity index (χ0v) is 25.0. The SMILES string of the molecule is CC1(C)c2cc(-c3cc(-c4ccccc4)c4ccccc4c3)ccc2-c2ccc(N(c3ccccc3)c3ccccc3)cc21. The van der Waals surface area contributed by atoms with Gasteiger partial charge in [0, 0.05) is 22.5 Å². The van der Waals surface area contributed by atoms with E-state index in [9.17, 15) is 0 Å². The van der Waals surface area contributed by atoms with E-state index in [-0.39, 0.29) is 5.41 Å². The molecule has 0 N–H and O–H groups in total. The Morgan fingerprint density at radius 1 is 0.386 bits per heavy atom. The maximum absolute atomic E-state index is 2.43. The van der Waals surface area contributed by atoms with Gasteiger partial charge in [-0.3, -0.25) is 0 Å². The fourth-order valence-corrected chi connectivity index (χ4v) is 6.98. The Bertz CT molecular complexity index is 2090. The summed E-state index contributed by atoms with van der Waals surface area (Å²) in [6.07, 6.45) is 0. The van der Waals surface area contributed by atoms with E-state index in [0.29, 0.717) is 0 Å². The van der Waals surface area contributed by atoms with Gasteiger partial charge in [0.1, 0.15) is 0 Å². The molecule has 7 aromatic carbocycles. The summed E-state index contributed by atoms with van der Waals surface area (Å²) < 4.78 is 0. The maximum atomic E-state index is 2.43. The van der Waals surface area contributed by atoms with Gasteiger partial charge in [-0.05, 0) is 110 Å². The summed E-state index contributed by atoms with van der Waals surface area (Å²) in [5, 5.41) is 2.55. The number of hydrogen-bond donors (Lipinski definition) is 0. The van der Waals surface area contributed by atoms with E-state index in [1.807, 2.05) is 0 Å². The van der Waals surface area contributed by atoms with Crippen molar-refractivity contribution >= 4 is 27.8 Å². The minimum absolute atomic E-state index is 0.144. The average molecular weight is 564 g/mol. The average Bonchev–Trinajstić information content (AvgIpc) is 3.31. The third-order valence-corrected chi connectivity index (χ3v) is 9.23. The first-order valence-electron chi connectivity index (χ1n) is 15.4. The molecule has 1 aliphatic rings. The molecular formula is C43H33N. The van der Waals surface area contributed by atoms with Crippen LogP contribution in [0, 0.1) is 0 Å². The molecule has 0 saturated carbocycles. The van der Waals surface area contributed by atoms with E-state index >= 15 is 0 Å². The van der Waals surface area contributed by atoms with E-state index in [1.165, 1.54) is 61.0 Å². The van der Waals surface area contributed by atoms with Gasteiger partial charge in [-0.1, -0.05) is 123 Å². The van der Waals surface area contributed by atoms with Crippen LogP contribution in [0.4, 0.5) is 17.1 Å². The number of benzene rings is 7. The molecule has 0 bridgehead atoms. The van der Waals surface area contributed by atoms with Gasteiger partial charge in [-0.15, -0.1) is 0 Å². The van der Waals surface area contributed by atoms with Gasteiger partial charge in [-0.25, -0.2) is 0 Å². The zero-order valence-electron chi connectivity index (χ0n) is 25.0. The van der Waals surface area contributed by atoms with Crippen LogP contribution >= 0.6 is 0 Å². The fourth-order valence-electron chi connectivity index (χ4n) is 6.98. The van der Waals surface area contributed by atoms with Crippen LogP contribution in [0.1, 0.15) is 25.0 Å². The van der Waals surface area contributed by atoms with Crippen molar-refractivity contribution in [3.05, 3.63) is 175 Å². The zero-order chi connectivity index (χ0) is 29.7. The summed E-state index contributed by atoms with van der Waals surface area (Å²) in [6, 6.07) is 59.5. The molecule has 0 spiro atoms. The van der Waals surface area contributed by atoms with Crippen molar-refractivity contribution in [3.8, 4) is 33.4 Å². The van der Waals surface area contributed by atoms with Gasteiger partial charge in [-0.2, -0.15) is 0 Å². The van der Waals surface area contributed by atoms with Crippen LogP contribution < -0.4 is 4.90 Å². The number of para-hydroxylation sites is 2. The molecule has 0 aliphatic heterocycles. The van der Waals surface area contributed by atoms with Crippen LogP contribution in [0.2, 0.25) is 0 Å². The van der Waals surface area contributed by atoms with Crippen molar-refractivity contribution in [2.45, 2.75) is 19.3 Å². The number of rotatable bonds is 5. The molecule has 0 aromatic heterocycles. The molecule has 210 valence electrons. The lowest BCUT2D eigenvalue weighted by Gasteiger charge is -2.28. The molecule has 7 aromatic rings. The van der Waals surface area contributed by atoms with Crippen molar-refractivity contribution in [2.24, 2.45) is 0 Å². The lowest BCUT2D eigenvalue weighted by molar-refractivity contribution is 0.660. The van der Waals surface area contributed by atoms with Crippen molar-refractivity contribution in [2.75, 3.05) is 4.90 Å². The molecule has 0 saturated heterocycles. The molecule has 44 heavy (non-hydrogen) atoms. The molecule has 0 amide bonds. The molecule has 1 nitrogen and oxygen atoms in total. The van der Waals surface area contributed by atoms with Gasteiger partial charge in [0.2, 0.25) is 0 Å². The van der Waals surface area contributed by atoms with Crippen molar-refractivity contribution in [1.82, 2.24) is 0 Å². The van der Waals surface area contributed by atoms with Crippen LogP contribution in [-0.4, -0.2) is 0 Å². The molecule has 0 fully saturated rings. The molecule has 0 radical (unpaired) electrons. The van der Waals surface area contributed by atoms with E-state index in [0.717, 1.165) is 11.4 Å². The highest BCUT2D eigenvalue weighted by atomic mass is 15.1. The number of fused-ring (bicyclic) bond motifs is 4. The van der Waals surface area contributed by atoms with E-state index < -0.39 is 0 Å². The maximum Gasteiger partial charge on any atom is 0.0465 e. The number of nitrogens with zero attached hydrogens (tertiary/aromatic N) is 1. The lowest BCUT2D eigenvalue weighted by atomic mass is 9.81. The monoisotopic (exact) mass is 563 g/mol. The third-order valence-electron chi connectivity index (χ3n) is 9.23. The Kier molecular flexibility index (Phi) is 6.20. The Labute approximate surface area is 259 Å².